The van der Waals surface area contributed by atoms with Gasteiger partial charge in [-0.25, -0.2) is 0 Å². The second-order valence-electron chi connectivity index (χ2n) is 3.99. The van der Waals surface area contributed by atoms with E-state index in [1.807, 2.05) is 18.2 Å². The molecule has 0 bridgehead atoms. The van der Waals surface area contributed by atoms with Crippen molar-refractivity contribution in [2.45, 2.75) is 18.4 Å². The van der Waals surface area contributed by atoms with Gasteiger partial charge in [0.05, 0.1) is 11.1 Å². The van der Waals surface area contributed by atoms with E-state index in [4.69, 9.17) is 0 Å². The molecule has 1 aliphatic rings. The van der Waals surface area contributed by atoms with Crippen LogP contribution in [0.1, 0.15) is 23.2 Å². The fourth-order valence-electron chi connectivity index (χ4n) is 1.42. The summed E-state index contributed by atoms with van der Waals surface area (Å²) in [4.78, 5) is 12.1. The van der Waals surface area contributed by atoms with Gasteiger partial charge in [0.2, 0.25) is 0 Å². The highest BCUT2D eigenvalue weighted by Crippen LogP contribution is 2.37. The molecular weight excluding hydrogens is 449 g/mol. The molecule has 16 heavy (non-hydrogen) atoms. The molecule has 0 spiro atoms. The van der Waals surface area contributed by atoms with Crippen LogP contribution in [0.2, 0.25) is 0 Å². The maximum Gasteiger partial charge on any atom is 0.252 e. The number of rotatable bonds is 3. The van der Waals surface area contributed by atoms with Gasteiger partial charge in [0.15, 0.2) is 0 Å². The zero-order valence-electron chi connectivity index (χ0n) is 8.40. The Hall–Kier alpha value is 0.380. The Bertz CT molecular complexity index is 432. The van der Waals surface area contributed by atoms with E-state index < -0.39 is 0 Å². The lowest BCUT2D eigenvalue weighted by molar-refractivity contribution is 0.0935. The molecule has 0 atom stereocenters. The minimum Gasteiger partial charge on any atom is -0.346 e. The Morgan fingerprint density at radius 1 is 1.50 bits per heavy atom. The zero-order chi connectivity index (χ0) is 11.8. The maximum absolute atomic E-state index is 12.1. The summed E-state index contributed by atoms with van der Waals surface area (Å²) in [6.07, 6.45) is 2.12. The van der Waals surface area contributed by atoms with E-state index in [0.717, 1.165) is 26.2 Å². The summed E-state index contributed by atoms with van der Waals surface area (Å²) in [5.74, 6) is 0.00217. The zero-order valence-corrected chi connectivity index (χ0v) is 13.7. The maximum atomic E-state index is 12.1. The van der Waals surface area contributed by atoms with Gasteiger partial charge in [0.25, 0.3) is 5.91 Å². The molecule has 5 heteroatoms. The van der Waals surface area contributed by atoms with Crippen LogP contribution in [0.4, 0.5) is 0 Å². The van der Waals surface area contributed by atoms with Crippen molar-refractivity contribution in [3.63, 3.8) is 0 Å². The number of alkyl halides is 1. The van der Waals surface area contributed by atoms with Crippen molar-refractivity contribution in [3.8, 4) is 0 Å². The summed E-state index contributed by atoms with van der Waals surface area (Å²) in [7, 11) is 0. The Morgan fingerprint density at radius 3 is 2.75 bits per heavy atom. The SMILES string of the molecule is O=C(NC1(CBr)CC1)c1cc(I)ccc1Br. The topological polar surface area (TPSA) is 29.1 Å². The Kier molecular flexibility index (Phi) is 3.96. The molecule has 1 aromatic carbocycles. The van der Waals surface area contributed by atoms with Gasteiger partial charge < -0.3 is 5.32 Å². The Balaban J connectivity index is 2.17. The fourth-order valence-corrected chi connectivity index (χ4v) is 3.04. The lowest BCUT2D eigenvalue weighted by Crippen LogP contribution is -2.38. The predicted molar refractivity (Wildman–Crippen MR) is 80.1 cm³/mol. The van der Waals surface area contributed by atoms with Crippen molar-refractivity contribution in [1.29, 1.82) is 0 Å². The number of amides is 1. The fraction of sp³-hybridized carbons (Fsp3) is 0.364. The summed E-state index contributed by atoms with van der Waals surface area (Å²) in [6.45, 7) is 0. The van der Waals surface area contributed by atoms with Crippen molar-refractivity contribution in [2.24, 2.45) is 0 Å². The molecule has 1 aliphatic carbocycles. The van der Waals surface area contributed by atoms with Gasteiger partial charge in [-0.3, -0.25) is 4.79 Å². The van der Waals surface area contributed by atoms with E-state index in [-0.39, 0.29) is 11.4 Å². The number of nitrogens with one attached hydrogen (secondary N) is 1. The molecule has 1 amide bonds. The normalized spacial score (nSPS) is 16.9. The highest BCUT2D eigenvalue weighted by molar-refractivity contribution is 14.1. The first kappa shape index (κ1) is 12.8. The van der Waals surface area contributed by atoms with Gasteiger partial charge in [-0.05, 0) is 69.6 Å². The van der Waals surface area contributed by atoms with Gasteiger partial charge in [-0.1, -0.05) is 15.9 Å². The molecule has 0 radical (unpaired) electrons. The average Bonchev–Trinajstić information content (AvgIpc) is 3.02. The van der Waals surface area contributed by atoms with Gasteiger partial charge in [-0.15, -0.1) is 0 Å². The number of benzene rings is 1. The third-order valence-electron chi connectivity index (χ3n) is 2.66. The van der Waals surface area contributed by atoms with Gasteiger partial charge >= 0.3 is 0 Å². The summed E-state index contributed by atoms with van der Waals surface area (Å²) < 4.78 is 1.91. The van der Waals surface area contributed by atoms with Crippen LogP contribution in [0.5, 0.6) is 0 Å². The molecule has 0 aromatic heterocycles. The molecule has 1 aromatic rings. The van der Waals surface area contributed by atoms with Crippen molar-refractivity contribution in [1.82, 2.24) is 5.32 Å². The van der Waals surface area contributed by atoms with Crippen LogP contribution in [-0.4, -0.2) is 16.8 Å². The smallest absolute Gasteiger partial charge is 0.252 e. The van der Waals surface area contributed by atoms with Crippen LogP contribution in [-0.2, 0) is 0 Å². The van der Waals surface area contributed by atoms with Crippen molar-refractivity contribution in [2.75, 3.05) is 5.33 Å². The lowest BCUT2D eigenvalue weighted by Gasteiger charge is -2.15. The molecule has 0 heterocycles. The van der Waals surface area contributed by atoms with E-state index in [2.05, 4.69) is 59.8 Å². The number of hydrogen-bond donors (Lipinski definition) is 1. The predicted octanol–water partition coefficient (Wildman–Crippen LogP) is 3.71. The van der Waals surface area contributed by atoms with Gasteiger partial charge in [0.1, 0.15) is 0 Å². The van der Waals surface area contributed by atoms with E-state index in [1.165, 1.54) is 0 Å². The molecule has 2 rings (SSSR count). The third-order valence-corrected chi connectivity index (χ3v) is 5.10. The van der Waals surface area contributed by atoms with Crippen LogP contribution in [0.25, 0.3) is 0 Å². The highest BCUT2D eigenvalue weighted by atomic mass is 127. The highest BCUT2D eigenvalue weighted by Gasteiger charge is 2.43. The summed E-state index contributed by atoms with van der Waals surface area (Å²) in [5, 5.41) is 3.91. The van der Waals surface area contributed by atoms with Crippen LogP contribution in [0.3, 0.4) is 0 Å². The number of hydrogen-bond acceptors (Lipinski definition) is 1. The molecular formula is C11H10Br2INO. The van der Waals surface area contributed by atoms with E-state index in [9.17, 15) is 4.79 Å². The first-order chi connectivity index (χ1) is 7.56. The minimum absolute atomic E-state index is 0.00217. The van der Waals surface area contributed by atoms with Crippen molar-refractivity contribution < 1.29 is 4.79 Å². The van der Waals surface area contributed by atoms with Crippen LogP contribution >= 0.6 is 54.5 Å². The quantitative estimate of drug-likeness (QED) is 0.543. The minimum atomic E-state index is -0.00218. The van der Waals surface area contributed by atoms with E-state index in [0.29, 0.717) is 5.56 Å². The third kappa shape index (κ3) is 2.79. The Labute approximate surface area is 125 Å². The molecule has 0 unspecified atom stereocenters. The number of carbonyl (C=O) groups excluding carboxylic acids is 1. The van der Waals surface area contributed by atoms with Crippen LogP contribution < -0.4 is 5.32 Å². The second-order valence-corrected chi connectivity index (χ2v) is 6.65. The summed E-state index contributed by atoms with van der Waals surface area (Å²) >= 11 is 9.05. The van der Waals surface area contributed by atoms with Crippen molar-refractivity contribution >= 4 is 60.4 Å². The van der Waals surface area contributed by atoms with E-state index in [1.54, 1.807) is 0 Å². The average molecular weight is 459 g/mol. The molecule has 1 fully saturated rings. The molecule has 0 aliphatic heterocycles. The van der Waals surface area contributed by atoms with Crippen LogP contribution in [0, 0.1) is 3.57 Å². The molecule has 1 saturated carbocycles. The first-order valence-electron chi connectivity index (χ1n) is 4.90. The largest absolute Gasteiger partial charge is 0.346 e. The first-order valence-corrected chi connectivity index (χ1v) is 7.89. The number of halogens is 3. The molecule has 86 valence electrons. The van der Waals surface area contributed by atoms with Gasteiger partial charge in [0, 0.05) is 13.4 Å². The summed E-state index contributed by atoms with van der Waals surface area (Å²) in [5.41, 5.74) is 0.705. The Morgan fingerprint density at radius 2 is 2.19 bits per heavy atom. The second kappa shape index (κ2) is 4.94. The molecule has 0 saturated heterocycles. The van der Waals surface area contributed by atoms with Gasteiger partial charge in [-0.2, -0.15) is 0 Å². The number of carbonyl (C=O) groups is 1. The van der Waals surface area contributed by atoms with Crippen molar-refractivity contribution in [3.05, 3.63) is 31.8 Å². The summed E-state index contributed by atoms with van der Waals surface area (Å²) in [6, 6.07) is 5.77. The lowest BCUT2D eigenvalue weighted by atomic mass is 10.2. The molecule has 1 N–H and O–H groups in total. The molecule has 2 nitrogen and oxygen atoms in total. The standard InChI is InChI=1S/C11H10Br2INO/c12-6-11(3-4-11)15-10(16)8-5-7(14)1-2-9(8)13/h1-2,5H,3-4,6H2,(H,15,16). The monoisotopic (exact) mass is 457 g/mol. The van der Waals surface area contributed by atoms with E-state index >= 15 is 0 Å². The van der Waals surface area contributed by atoms with Crippen LogP contribution in [0.15, 0.2) is 22.7 Å².